The molecule has 1 atom stereocenters. The minimum absolute atomic E-state index is 0.148. The van der Waals surface area contributed by atoms with Crippen LogP contribution in [-0.4, -0.2) is 19.7 Å². The normalized spacial score (nSPS) is 12.4. The Morgan fingerprint density at radius 1 is 1.04 bits per heavy atom. The lowest BCUT2D eigenvalue weighted by Crippen LogP contribution is -2.15. The van der Waals surface area contributed by atoms with Gasteiger partial charge in [0.05, 0.1) is 11.7 Å². The molecule has 0 bridgehead atoms. The van der Waals surface area contributed by atoms with E-state index in [1.165, 1.54) is 0 Å². The number of aryl methyl sites for hydroxylation is 1. The van der Waals surface area contributed by atoms with Gasteiger partial charge in [-0.05, 0) is 23.8 Å². The molecule has 124 valence electrons. The zero-order valence-electron chi connectivity index (χ0n) is 14.0. The molecular weight excluding hydrogens is 310 g/mol. The summed E-state index contributed by atoms with van der Waals surface area (Å²) in [4.78, 5) is 8.59. The Balaban J connectivity index is 1.79. The maximum atomic E-state index is 6.53. The van der Waals surface area contributed by atoms with Crippen LogP contribution in [0.4, 0.5) is 0 Å². The second-order valence-electron chi connectivity index (χ2n) is 6.08. The molecule has 25 heavy (non-hydrogen) atoms. The van der Waals surface area contributed by atoms with Crippen LogP contribution in [0.5, 0.6) is 0 Å². The van der Waals surface area contributed by atoms with Gasteiger partial charge in [0, 0.05) is 48.5 Å². The molecule has 5 heteroatoms. The Kier molecular flexibility index (Phi) is 3.99. The van der Waals surface area contributed by atoms with E-state index in [0.29, 0.717) is 6.42 Å². The van der Waals surface area contributed by atoms with Gasteiger partial charge in [0.15, 0.2) is 0 Å². The van der Waals surface area contributed by atoms with Gasteiger partial charge in [-0.25, -0.2) is 0 Å². The van der Waals surface area contributed by atoms with Gasteiger partial charge >= 0.3 is 0 Å². The summed E-state index contributed by atoms with van der Waals surface area (Å²) in [5.74, 6) is 0. The lowest BCUT2D eigenvalue weighted by Gasteiger charge is -2.15. The Morgan fingerprint density at radius 2 is 1.88 bits per heavy atom. The molecular formula is C20H19N5. The summed E-state index contributed by atoms with van der Waals surface area (Å²) in [6.07, 6.45) is 6.11. The van der Waals surface area contributed by atoms with Gasteiger partial charge < -0.3 is 5.73 Å². The SMILES string of the molecule is Cn1nc(-c2ccccc2[C@@H](N)Cc2ccccn2)c2ccncc21. The van der Waals surface area contributed by atoms with Gasteiger partial charge in [0.2, 0.25) is 0 Å². The fourth-order valence-electron chi connectivity index (χ4n) is 3.19. The lowest BCUT2D eigenvalue weighted by atomic mass is 9.94. The topological polar surface area (TPSA) is 69.6 Å². The smallest absolute Gasteiger partial charge is 0.101 e. The van der Waals surface area contributed by atoms with Crippen LogP contribution in [0.2, 0.25) is 0 Å². The molecule has 0 saturated heterocycles. The first-order valence-corrected chi connectivity index (χ1v) is 8.25. The summed E-state index contributed by atoms with van der Waals surface area (Å²) in [5, 5.41) is 5.79. The molecule has 0 aliphatic heterocycles. The van der Waals surface area contributed by atoms with Crippen LogP contribution in [0.15, 0.2) is 67.1 Å². The average Bonchev–Trinajstić information content (AvgIpc) is 3.00. The molecule has 5 nitrogen and oxygen atoms in total. The lowest BCUT2D eigenvalue weighted by molar-refractivity contribution is 0.707. The van der Waals surface area contributed by atoms with Crippen molar-refractivity contribution >= 4 is 10.9 Å². The molecule has 0 unspecified atom stereocenters. The number of benzene rings is 1. The highest BCUT2D eigenvalue weighted by Gasteiger charge is 2.17. The maximum Gasteiger partial charge on any atom is 0.101 e. The third-order valence-corrected chi connectivity index (χ3v) is 4.42. The van der Waals surface area contributed by atoms with E-state index < -0.39 is 0 Å². The minimum atomic E-state index is -0.148. The molecule has 0 saturated carbocycles. The van der Waals surface area contributed by atoms with Gasteiger partial charge in [-0.3, -0.25) is 14.6 Å². The summed E-state index contributed by atoms with van der Waals surface area (Å²) in [6, 6.07) is 15.9. The van der Waals surface area contributed by atoms with E-state index in [1.807, 2.05) is 54.3 Å². The highest BCUT2D eigenvalue weighted by atomic mass is 15.3. The Bertz CT molecular complexity index is 1010. The van der Waals surface area contributed by atoms with Crippen LogP contribution in [0.25, 0.3) is 22.2 Å². The second kappa shape index (κ2) is 6.45. The maximum absolute atomic E-state index is 6.53. The quantitative estimate of drug-likeness (QED) is 0.624. The molecule has 0 fully saturated rings. The zero-order chi connectivity index (χ0) is 17.2. The summed E-state index contributed by atoms with van der Waals surface area (Å²) < 4.78 is 1.86. The number of nitrogens with zero attached hydrogens (tertiary/aromatic N) is 4. The monoisotopic (exact) mass is 329 g/mol. The molecule has 0 aliphatic carbocycles. The number of aromatic nitrogens is 4. The van der Waals surface area contributed by atoms with Crippen LogP contribution in [0.1, 0.15) is 17.3 Å². The molecule has 2 N–H and O–H groups in total. The van der Waals surface area contributed by atoms with E-state index in [4.69, 9.17) is 10.8 Å². The molecule has 0 radical (unpaired) electrons. The Morgan fingerprint density at radius 3 is 2.72 bits per heavy atom. The van der Waals surface area contributed by atoms with E-state index in [2.05, 4.69) is 22.1 Å². The molecule has 0 spiro atoms. The van der Waals surface area contributed by atoms with Gasteiger partial charge in [-0.2, -0.15) is 5.10 Å². The summed E-state index contributed by atoms with van der Waals surface area (Å²) in [7, 11) is 1.93. The fraction of sp³-hybridized carbons (Fsp3) is 0.150. The molecule has 3 aromatic heterocycles. The number of hydrogen-bond acceptors (Lipinski definition) is 4. The standard InChI is InChI=1S/C20H19N5/c1-25-19-13-22-11-9-17(19)20(24-25)16-8-3-2-7-15(16)18(21)12-14-6-4-5-10-23-14/h2-11,13,18H,12,21H2,1H3/t18-/m0/s1. The van der Waals surface area contributed by atoms with Gasteiger partial charge in [-0.1, -0.05) is 30.3 Å². The van der Waals surface area contributed by atoms with Crippen molar-refractivity contribution in [1.29, 1.82) is 0 Å². The number of pyridine rings is 2. The number of nitrogens with two attached hydrogens (primary N) is 1. The largest absolute Gasteiger partial charge is 0.324 e. The van der Waals surface area contributed by atoms with Gasteiger partial charge in [0.25, 0.3) is 0 Å². The van der Waals surface area contributed by atoms with Crippen molar-refractivity contribution in [2.75, 3.05) is 0 Å². The van der Waals surface area contributed by atoms with Gasteiger partial charge in [-0.15, -0.1) is 0 Å². The third kappa shape index (κ3) is 2.90. The predicted octanol–water partition coefficient (Wildman–Crippen LogP) is 3.27. The van der Waals surface area contributed by atoms with Crippen molar-refractivity contribution < 1.29 is 0 Å². The van der Waals surface area contributed by atoms with Crippen molar-refractivity contribution in [3.63, 3.8) is 0 Å². The molecule has 0 aliphatic rings. The second-order valence-corrected chi connectivity index (χ2v) is 6.08. The van der Waals surface area contributed by atoms with E-state index in [9.17, 15) is 0 Å². The molecule has 4 rings (SSSR count). The zero-order valence-corrected chi connectivity index (χ0v) is 14.0. The Hall–Kier alpha value is -3.05. The van der Waals surface area contributed by atoms with E-state index in [-0.39, 0.29) is 6.04 Å². The molecule has 0 amide bonds. The highest BCUT2D eigenvalue weighted by molar-refractivity contribution is 5.93. The summed E-state index contributed by atoms with van der Waals surface area (Å²) >= 11 is 0. The van der Waals surface area contributed by atoms with Crippen molar-refractivity contribution in [2.45, 2.75) is 12.5 Å². The van der Waals surface area contributed by atoms with E-state index >= 15 is 0 Å². The van der Waals surface area contributed by atoms with Crippen molar-refractivity contribution in [1.82, 2.24) is 19.7 Å². The third-order valence-electron chi connectivity index (χ3n) is 4.42. The van der Waals surface area contributed by atoms with E-state index in [1.54, 1.807) is 12.4 Å². The van der Waals surface area contributed by atoms with Crippen LogP contribution >= 0.6 is 0 Å². The van der Waals surface area contributed by atoms with Crippen molar-refractivity contribution in [3.05, 3.63) is 78.4 Å². The molecule has 4 aromatic rings. The number of rotatable bonds is 4. The van der Waals surface area contributed by atoms with Crippen molar-refractivity contribution in [2.24, 2.45) is 12.8 Å². The number of hydrogen-bond donors (Lipinski definition) is 1. The minimum Gasteiger partial charge on any atom is -0.324 e. The van der Waals surface area contributed by atoms with Crippen molar-refractivity contribution in [3.8, 4) is 11.3 Å². The van der Waals surface area contributed by atoms with Crippen LogP contribution in [0, 0.1) is 0 Å². The first-order chi connectivity index (χ1) is 12.2. The predicted molar refractivity (Wildman–Crippen MR) is 98.8 cm³/mol. The number of fused-ring (bicyclic) bond motifs is 1. The molecule has 3 heterocycles. The molecule has 1 aromatic carbocycles. The highest BCUT2D eigenvalue weighted by Crippen LogP contribution is 2.32. The van der Waals surface area contributed by atoms with Crippen LogP contribution < -0.4 is 5.73 Å². The first-order valence-electron chi connectivity index (χ1n) is 8.25. The summed E-state index contributed by atoms with van der Waals surface area (Å²) in [5.41, 5.74) is 11.6. The van der Waals surface area contributed by atoms with Gasteiger partial charge in [0.1, 0.15) is 5.69 Å². The first kappa shape index (κ1) is 15.5. The average molecular weight is 329 g/mol. The van der Waals surface area contributed by atoms with Crippen LogP contribution in [-0.2, 0) is 13.5 Å². The van der Waals surface area contributed by atoms with Crippen LogP contribution in [0.3, 0.4) is 0 Å². The summed E-state index contributed by atoms with van der Waals surface area (Å²) in [6.45, 7) is 0. The fourth-order valence-corrected chi connectivity index (χ4v) is 3.19. The Labute approximate surface area is 146 Å². The van der Waals surface area contributed by atoms with E-state index in [0.717, 1.165) is 33.4 Å².